The van der Waals surface area contributed by atoms with Crippen LogP contribution in [0.5, 0.6) is 0 Å². The van der Waals surface area contributed by atoms with E-state index >= 15 is 0 Å². The van der Waals surface area contributed by atoms with Crippen molar-refractivity contribution in [3.8, 4) is 0 Å². The minimum absolute atomic E-state index is 0.502. The van der Waals surface area contributed by atoms with E-state index in [2.05, 4.69) is 10.6 Å². The van der Waals surface area contributed by atoms with Crippen molar-refractivity contribution in [3.05, 3.63) is 42.5 Å². The summed E-state index contributed by atoms with van der Waals surface area (Å²) in [6, 6.07) is 13.3. The van der Waals surface area contributed by atoms with Crippen molar-refractivity contribution >= 4 is 28.3 Å². The molecule has 0 unspecified atom stereocenters. The van der Waals surface area contributed by atoms with E-state index in [9.17, 15) is 9.59 Å². The minimum atomic E-state index is -0.634. The van der Waals surface area contributed by atoms with Crippen molar-refractivity contribution in [1.29, 1.82) is 0 Å². The third-order valence-electron chi connectivity index (χ3n) is 2.78. The maximum atomic E-state index is 11.7. The van der Waals surface area contributed by atoms with Crippen LogP contribution in [-0.4, -0.2) is 18.4 Å². The van der Waals surface area contributed by atoms with E-state index in [4.69, 9.17) is 0 Å². The smallest absolute Gasteiger partial charge is 0.313 e. The first-order valence-electron chi connectivity index (χ1n) is 6.29. The molecule has 0 heterocycles. The number of carbonyl (C=O) groups is 2. The second-order valence-corrected chi connectivity index (χ2v) is 4.24. The number of hydrogen-bond acceptors (Lipinski definition) is 2. The molecule has 2 amide bonds. The lowest BCUT2D eigenvalue weighted by Crippen LogP contribution is -2.35. The minimum Gasteiger partial charge on any atom is -0.348 e. The Balaban J connectivity index is 2.17. The molecule has 0 aliphatic carbocycles. The van der Waals surface area contributed by atoms with Crippen LogP contribution in [0.25, 0.3) is 10.8 Å². The highest BCUT2D eigenvalue weighted by Crippen LogP contribution is 2.22. The number of anilines is 1. The zero-order chi connectivity index (χ0) is 13.7. The normalized spacial score (nSPS) is 10.2. The lowest BCUT2D eigenvalue weighted by atomic mass is 10.1. The summed E-state index contributed by atoms with van der Waals surface area (Å²) >= 11 is 0. The first kappa shape index (κ1) is 13.1. The van der Waals surface area contributed by atoms with E-state index in [1.807, 2.05) is 43.3 Å². The third-order valence-corrected chi connectivity index (χ3v) is 2.78. The molecule has 0 aliphatic rings. The standard InChI is InChI=1S/C15H16N2O2/c1-2-10-16-14(18)15(19)17-13-9-5-7-11-6-3-4-8-12(11)13/h3-9H,2,10H2,1H3,(H,16,18)(H,17,19). The van der Waals surface area contributed by atoms with Gasteiger partial charge in [0.25, 0.3) is 0 Å². The fraction of sp³-hybridized carbons (Fsp3) is 0.200. The first-order chi connectivity index (χ1) is 9.22. The highest BCUT2D eigenvalue weighted by molar-refractivity contribution is 6.40. The van der Waals surface area contributed by atoms with Crippen molar-refractivity contribution in [2.24, 2.45) is 0 Å². The zero-order valence-electron chi connectivity index (χ0n) is 10.8. The molecule has 2 aromatic carbocycles. The van der Waals surface area contributed by atoms with E-state index in [-0.39, 0.29) is 0 Å². The molecule has 0 bridgehead atoms. The molecule has 0 saturated heterocycles. The molecule has 0 radical (unpaired) electrons. The van der Waals surface area contributed by atoms with Crippen LogP contribution in [0.2, 0.25) is 0 Å². The molecule has 2 rings (SSSR count). The number of carbonyl (C=O) groups excluding carboxylic acids is 2. The summed E-state index contributed by atoms with van der Waals surface area (Å²) in [5, 5.41) is 7.13. The monoisotopic (exact) mass is 256 g/mol. The summed E-state index contributed by atoms with van der Waals surface area (Å²) in [7, 11) is 0. The van der Waals surface area contributed by atoms with Gasteiger partial charge in [-0.15, -0.1) is 0 Å². The SMILES string of the molecule is CCCNC(=O)C(=O)Nc1cccc2ccccc12. The molecule has 4 heteroatoms. The van der Waals surface area contributed by atoms with Gasteiger partial charge in [-0.3, -0.25) is 9.59 Å². The number of hydrogen-bond donors (Lipinski definition) is 2. The quantitative estimate of drug-likeness (QED) is 0.828. The van der Waals surface area contributed by atoms with Crippen LogP contribution in [0.4, 0.5) is 5.69 Å². The van der Waals surface area contributed by atoms with Crippen molar-refractivity contribution in [3.63, 3.8) is 0 Å². The van der Waals surface area contributed by atoms with Gasteiger partial charge in [0, 0.05) is 17.6 Å². The third kappa shape index (κ3) is 3.10. The Morgan fingerprint density at radius 2 is 1.74 bits per heavy atom. The van der Waals surface area contributed by atoms with E-state index in [0.717, 1.165) is 17.2 Å². The Hall–Kier alpha value is -2.36. The van der Waals surface area contributed by atoms with Crippen molar-refractivity contribution in [2.75, 3.05) is 11.9 Å². The Morgan fingerprint density at radius 3 is 2.53 bits per heavy atom. The first-order valence-corrected chi connectivity index (χ1v) is 6.29. The van der Waals surface area contributed by atoms with Gasteiger partial charge in [0.1, 0.15) is 0 Å². The molecule has 0 aromatic heterocycles. The number of fused-ring (bicyclic) bond motifs is 1. The highest BCUT2D eigenvalue weighted by Gasteiger charge is 2.13. The molecular formula is C15H16N2O2. The molecule has 98 valence electrons. The second-order valence-electron chi connectivity index (χ2n) is 4.24. The van der Waals surface area contributed by atoms with E-state index in [1.54, 1.807) is 6.07 Å². The van der Waals surface area contributed by atoms with Gasteiger partial charge < -0.3 is 10.6 Å². The summed E-state index contributed by atoms with van der Waals surface area (Å²) < 4.78 is 0. The predicted octanol–water partition coefficient (Wildman–Crippen LogP) is 2.30. The summed E-state index contributed by atoms with van der Waals surface area (Å²) in [5.41, 5.74) is 0.648. The van der Waals surface area contributed by atoms with Crippen LogP contribution in [0.15, 0.2) is 42.5 Å². The summed E-state index contributed by atoms with van der Waals surface area (Å²) in [6.45, 7) is 2.44. The van der Waals surface area contributed by atoms with E-state index < -0.39 is 11.8 Å². The van der Waals surface area contributed by atoms with Gasteiger partial charge in [0.05, 0.1) is 0 Å². The molecule has 2 aromatic rings. The predicted molar refractivity (Wildman–Crippen MR) is 75.9 cm³/mol. The van der Waals surface area contributed by atoms with Crippen LogP contribution < -0.4 is 10.6 Å². The highest BCUT2D eigenvalue weighted by atomic mass is 16.2. The molecule has 0 fully saturated rings. The molecule has 19 heavy (non-hydrogen) atoms. The van der Waals surface area contributed by atoms with Crippen molar-refractivity contribution in [2.45, 2.75) is 13.3 Å². The lowest BCUT2D eigenvalue weighted by Gasteiger charge is -2.08. The Morgan fingerprint density at radius 1 is 1.00 bits per heavy atom. The molecule has 0 saturated carbocycles. The van der Waals surface area contributed by atoms with Gasteiger partial charge in [0.15, 0.2) is 0 Å². The number of benzene rings is 2. The van der Waals surface area contributed by atoms with Crippen molar-refractivity contribution < 1.29 is 9.59 Å². The lowest BCUT2D eigenvalue weighted by molar-refractivity contribution is -0.136. The van der Waals surface area contributed by atoms with Gasteiger partial charge in [-0.2, -0.15) is 0 Å². The van der Waals surface area contributed by atoms with E-state index in [1.165, 1.54) is 0 Å². The molecule has 4 nitrogen and oxygen atoms in total. The van der Waals surface area contributed by atoms with Crippen molar-refractivity contribution in [1.82, 2.24) is 5.32 Å². The average Bonchev–Trinajstić information content (AvgIpc) is 2.45. The topological polar surface area (TPSA) is 58.2 Å². The molecule has 2 N–H and O–H groups in total. The molecule has 0 atom stereocenters. The fourth-order valence-corrected chi connectivity index (χ4v) is 1.83. The van der Waals surface area contributed by atoms with Crippen LogP contribution >= 0.6 is 0 Å². The fourth-order valence-electron chi connectivity index (χ4n) is 1.83. The maximum Gasteiger partial charge on any atom is 0.313 e. The largest absolute Gasteiger partial charge is 0.348 e. The number of amides is 2. The van der Waals surface area contributed by atoms with Crippen LogP contribution in [-0.2, 0) is 9.59 Å². The van der Waals surface area contributed by atoms with Gasteiger partial charge >= 0.3 is 11.8 Å². The molecular weight excluding hydrogens is 240 g/mol. The van der Waals surface area contributed by atoms with Crippen LogP contribution in [0.1, 0.15) is 13.3 Å². The van der Waals surface area contributed by atoms with E-state index in [0.29, 0.717) is 12.2 Å². The maximum absolute atomic E-state index is 11.7. The van der Waals surface area contributed by atoms with Crippen LogP contribution in [0, 0.1) is 0 Å². The zero-order valence-corrected chi connectivity index (χ0v) is 10.8. The molecule has 0 spiro atoms. The van der Waals surface area contributed by atoms with Gasteiger partial charge in [0.2, 0.25) is 0 Å². The second kappa shape index (κ2) is 6.00. The summed E-state index contributed by atoms with van der Waals surface area (Å²) in [4.78, 5) is 23.3. The Labute approximate surface area is 111 Å². The Bertz CT molecular complexity index is 603. The number of nitrogens with one attached hydrogen (secondary N) is 2. The van der Waals surface area contributed by atoms with Gasteiger partial charge in [-0.05, 0) is 17.9 Å². The van der Waals surface area contributed by atoms with Crippen LogP contribution in [0.3, 0.4) is 0 Å². The van der Waals surface area contributed by atoms with Gasteiger partial charge in [-0.25, -0.2) is 0 Å². The Kier molecular flexibility index (Phi) is 4.13. The summed E-state index contributed by atoms with van der Waals surface area (Å²) in [5.74, 6) is -1.24. The van der Waals surface area contributed by atoms with Gasteiger partial charge in [-0.1, -0.05) is 43.3 Å². The molecule has 0 aliphatic heterocycles. The summed E-state index contributed by atoms with van der Waals surface area (Å²) in [6.07, 6.45) is 0.799. The average molecular weight is 256 g/mol. The number of rotatable bonds is 3.